The van der Waals surface area contributed by atoms with E-state index >= 15 is 0 Å². The van der Waals surface area contributed by atoms with Crippen LogP contribution in [0.1, 0.15) is 16.0 Å². The van der Waals surface area contributed by atoms with Gasteiger partial charge in [0.15, 0.2) is 6.61 Å². The van der Waals surface area contributed by atoms with Crippen LogP contribution in [0.15, 0.2) is 77.7 Å². The molecule has 0 radical (unpaired) electrons. The number of aryl methyl sites for hydroxylation is 1. The third-order valence-corrected chi connectivity index (χ3v) is 7.38. The Morgan fingerprint density at radius 1 is 1.03 bits per heavy atom. The first-order chi connectivity index (χ1) is 16.7. The molecule has 0 aliphatic carbocycles. The van der Waals surface area contributed by atoms with Crippen LogP contribution >= 0.6 is 23.1 Å². The van der Waals surface area contributed by atoms with Gasteiger partial charge in [0.25, 0.3) is 0 Å². The summed E-state index contributed by atoms with van der Waals surface area (Å²) in [5.74, 6) is 0.0894. The number of carbonyl (C=O) groups is 1. The molecule has 0 saturated heterocycles. The van der Waals surface area contributed by atoms with Crippen molar-refractivity contribution in [3.63, 3.8) is 0 Å². The number of aromatic nitrogens is 1. The highest BCUT2D eigenvalue weighted by Gasteiger charge is 2.30. The van der Waals surface area contributed by atoms with Crippen LogP contribution in [0.25, 0.3) is 21.8 Å². The average Bonchev–Trinajstić information content (AvgIpc) is 3.26. The summed E-state index contributed by atoms with van der Waals surface area (Å²) in [6.45, 7) is 1.45. The summed E-state index contributed by atoms with van der Waals surface area (Å²) in [5.41, 5.74) is 2.51. The Hall–Kier alpha value is -3.30. The van der Waals surface area contributed by atoms with Crippen LogP contribution in [0.3, 0.4) is 0 Å². The van der Waals surface area contributed by atoms with E-state index in [1.807, 2.05) is 49.4 Å². The number of hydrogen-bond acceptors (Lipinski definition) is 5. The molecule has 35 heavy (non-hydrogen) atoms. The summed E-state index contributed by atoms with van der Waals surface area (Å²) >= 11 is 3.05. The molecule has 0 saturated carbocycles. The highest BCUT2D eigenvalue weighted by atomic mass is 32.2. The van der Waals surface area contributed by atoms with Crippen LogP contribution in [-0.4, -0.2) is 22.7 Å². The molecule has 4 aromatic rings. The number of ether oxygens (including phenoxy) is 1. The molecule has 0 aliphatic heterocycles. The number of benzene rings is 3. The van der Waals surface area contributed by atoms with Crippen LogP contribution < -0.4 is 4.74 Å². The molecule has 0 atom stereocenters. The zero-order valence-electron chi connectivity index (χ0n) is 18.5. The van der Waals surface area contributed by atoms with Crippen molar-refractivity contribution >= 4 is 29.1 Å². The summed E-state index contributed by atoms with van der Waals surface area (Å²) in [7, 11) is 0. The van der Waals surface area contributed by atoms with Crippen molar-refractivity contribution in [2.75, 3.05) is 6.61 Å². The first-order valence-corrected chi connectivity index (χ1v) is 12.3. The van der Waals surface area contributed by atoms with Gasteiger partial charge in [0, 0.05) is 26.7 Å². The molecule has 4 rings (SSSR count). The zero-order chi connectivity index (χ0) is 25.0. The van der Waals surface area contributed by atoms with Gasteiger partial charge >= 0.3 is 12.1 Å². The molecule has 1 N–H and O–H groups in total. The van der Waals surface area contributed by atoms with Crippen molar-refractivity contribution in [1.82, 2.24) is 4.98 Å². The van der Waals surface area contributed by atoms with E-state index in [1.165, 1.54) is 23.5 Å². The maximum absolute atomic E-state index is 13.0. The molecule has 0 unspecified atom stereocenters. The van der Waals surface area contributed by atoms with E-state index in [2.05, 4.69) is 0 Å². The minimum absolute atomic E-state index is 0.401. The van der Waals surface area contributed by atoms with Crippen LogP contribution in [0.4, 0.5) is 13.2 Å². The normalized spacial score (nSPS) is 11.4. The molecule has 0 aliphatic rings. The van der Waals surface area contributed by atoms with E-state index in [0.717, 1.165) is 38.7 Å². The third-order valence-electron chi connectivity index (χ3n) is 5.07. The van der Waals surface area contributed by atoms with Crippen molar-refractivity contribution < 1.29 is 27.8 Å². The van der Waals surface area contributed by atoms with Gasteiger partial charge in [0.2, 0.25) is 0 Å². The number of carboxylic acids is 1. The Morgan fingerprint density at radius 2 is 1.74 bits per heavy atom. The molecule has 0 bridgehead atoms. The number of rotatable bonds is 8. The zero-order valence-corrected chi connectivity index (χ0v) is 20.1. The van der Waals surface area contributed by atoms with Gasteiger partial charge in [-0.25, -0.2) is 9.78 Å². The standard InChI is InChI=1S/C26H20F3NO3S2/c1-16-13-20(11-12-21(16)33-14-23(31)32)34-15-22-24(17-5-3-2-4-6-17)30-25(35-22)18-7-9-19(10-8-18)26(27,28)29/h2-13H,14-15H2,1H3,(H,31,32). The second-order valence-electron chi connectivity index (χ2n) is 7.63. The molecule has 180 valence electrons. The van der Waals surface area contributed by atoms with Gasteiger partial charge in [0.1, 0.15) is 10.8 Å². The lowest BCUT2D eigenvalue weighted by Crippen LogP contribution is -2.09. The van der Waals surface area contributed by atoms with E-state index in [1.54, 1.807) is 17.8 Å². The smallest absolute Gasteiger partial charge is 0.416 e. The lowest BCUT2D eigenvalue weighted by Gasteiger charge is -2.09. The van der Waals surface area contributed by atoms with Gasteiger partial charge in [-0.3, -0.25) is 0 Å². The largest absolute Gasteiger partial charge is 0.482 e. The van der Waals surface area contributed by atoms with Crippen molar-refractivity contribution in [3.8, 4) is 27.6 Å². The van der Waals surface area contributed by atoms with Gasteiger partial charge in [-0.15, -0.1) is 23.1 Å². The highest BCUT2D eigenvalue weighted by Crippen LogP contribution is 2.39. The van der Waals surface area contributed by atoms with E-state index in [0.29, 0.717) is 22.1 Å². The number of alkyl halides is 3. The molecule has 0 amide bonds. The maximum Gasteiger partial charge on any atom is 0.416 e. The van der Waals surface area contributed by atoms with Gasteiger partial charge < -0.3 is 9.84 Å². The van der Waals surface area contributed by atoms with Crippen molar-refractivity contribution in [2.45, 2.75) is 23.7 Å². The Bertz CT molecular complexity index is 1320. The van der Waals surface area contributed by atoms with Crippen LogP contribution in [0.2, 0.25) is 0 Å². The first-order valence-electron chi connectivity index (χ1n) is 10.5. The Balaban J connectivity index is 1.59. The highest BCUT2D eigenvalue weighted by molar-refractivity contribution is 7.98. The van der Waals surface area contributed by atoms with Gasteiger partial charge in [-0.2, -0.15) is 13.2 Å². The number of thioether (sulfide) groups is 1. The van der Waals surface area contributed by atoms with E-state index in [-0.39, 0.29) is 0 Å². The second kappa shape index (κ2) is 10.5. The number of halogens is 3. The Kier molecular flexibility index (Phi) is 7.47. The lowest BCUT2D eigenvalue weighted by atomic mass is 10.1. The molecule has 4 nitrogen and oxygen atoms in total. The van der Waals surface area contributed by atoms with Crippen LogP contribution in [0, 0.1) is 6.92 Å². The number of aliphatic carboxylic acids is 1. The fourth-order valence-corrected chi connectivity index (χ4v) is 5.51. The van der Waals surface area contributed by atoms with Crippen molar-refractivity contribution in [1.29, 1.82) is 0 Å². The fraction of sp³-hybridized carbons (Fsp3) is 0.154. The number of carboxylic acid groups (broad SMARTS) is 1. The average molecular weight is 516 g/mol. The molecular weight excluding hydrogens is 495 g/mol. The summed E-state index contributed by atoms with van der Waals surface area (Å²) in [4.78, 5) is 17.5. The van der Waals surface area contributed by atoms with Crippen molar-refractivity contribution in [2.24, 2.45) is 0 Å². The number of hydrogen-bond donors (Lipinski definition) is 1. The topological polar surface area (TPSA) is 59.4 Å². The predicted molar refractivity (Wildman–Crippen MR) is 132 cm³/mol. The molecule has 9 heteroatoms. The summed E-state index contributed by atoms with van der Waals surface area (Å²) in [5, 5.41) is 9.45. The van der Waals surface area contributed by atoms with Gasteiger partial charge in [0.05, 0.1) is 11.3 Å². The van der Waals surface area contributed by atoms with Crippen LogP contribution in [0.5, 0.6) is 5.75 Å². The fourth-order valence-electron chi connectivity index (χ4n) is 3.36. The summed E-state index contributed by atoms with van der Waals surface area (Å²) < 4.78 is 44.2. The van der Waals surface area contributed by atoms with E-state index in [9.17, 15) is 18.0 Å². The second-order valence-corrected chi connectivity index (χ2v) is 9.76. The number of nitrogens with zero attached hydrogens (tertiary/aromatic N) is 1. The molecular formula is C26H20F3NO3S2. The Labute approximate surface area is 208 Å². The predicted octanol–water partition coefficient (Wildman–Crippen LogP) is 7.56. The van der Waals surface area contributed by atoms with E-state index < -0.39 is 24.3 Å². The maximum atomic E-state index is 13.0. The van der Waals surface area contributed by atoms with Gasteiger partial charge in [-0.1, -0.05) is 42.5 Å². The van der Waals surface area contributed by atoms with Crippen LogP contribution in [-0.2, 0) is 16.7 Å². The monoisotopic (exact) mass is 515 g/mol. The SMILES string of the molecule is Cc1cc(SCc2sc(-c3ccc(C(F)(F)F)cc3)nc2-c2ccccc2)ccc1OCC(=O)O. The molecule has 1 heterocycles. The first kappa shape index (κ1) is 24.8. The lowest BCUT2D eigenvalue weighted by molar-refractivity contribution is -0.139. The minimum atomic E-state index is -4.38. The summed E-state index contributed by atoms with van der Waals surface area (Å²) in [6.07, 6.45) is -4.38. The Morgan fingerprint density at radius 3 is 2.37 bits per heavy atom. The van der Waals surface area contributed by atoms with E-state index in [4.69, 9.17) is 14.8 Å². The number of thiazole rings is 1. The quantitative estimate of drug-likeness (QED) is 0.245. The van der Waals surface area contributed by atoms with Crippen molar-refractivity contribution in [3.05, 3.63) is 88.8 Å². The molecule has 1 aromatic heterocycles. The summed E-state index contributed by atoms with van der Waals surface area (Å²) in [6, 6.07) is 20.3. The minimum Gasteiger partial charge on any atom is -0.482 e. The third kappa shape index (κ3) is 6.23. The molecule has 3 aromatic carbocycles. The molecule has 0 spiro atoms. The molecule has 0 fully saturated rings. The van der Waals surface area contributed by atoms with Gasteiger partial charge in [-0.05, 0) is 42.8 Å².